The summed E-state index contributed by atoms with van der Waals surface area (Å²) < 4.78 is 0. The van der Waals surface area contributed by atoms with Crippen molar-refractivity contribution in [2.75, 3.05) is 0 Å². The number of carbonyl (C=O) groups is 3. The molecule has 0 spiro atoms. The molecule has 0 aliphatic carbocycles. The van der Waals surface area contributed by atoms with Gasteiger partial charge in [-0.2, -0.15) is 0 Å². The zero-order valence-electron chi connectivity index (χ0n) is 9.19. The van der Waals surface area contributed by atoms with Gasteiger partial charge in [-0.1, -0.05) is 0 Å². The van der Waals surface area contributed by atoms with E-state index < -0.39 is 17.7 Å². The van der Waals surface area contributed by atoms with Crippen LogP contribution in [0.4, 0.5) is 0 Å². The van der Waals surface area contributed by atoms with Crippen LogP contribution >= 0.6 is 0 Å². The van der Waals surface area contributed by atoms with Gasteiger partial charge in [-0.3, -0.25) is 30.7 Å². The zero-order valence-corrected chi connectivity index (χ0v) is 9.19. The molecule has 9 heteroatoms. The van der Waals surface area contributed by atoms with E-state index in [2.05, 4.69) is 0 Å². The lowest BCUT2D eigenvalue weighted by Crippen LogP contribution is -2.36. The van der Waals surface area contributed by atoms with E-state index in [0.717, 1.165) is 0 Å². The van der Waals surface area contributed by atoms with Crippen molar-refractivity contribution in [2.24, 2.45) is 17.5 Å². The Morgan fingerprint density at radius 2 is 1.28 bits per heavy atom. The number of carbonyl (C=O) groups excluding carboxylic acids is 3. The van der Waals surface area contributed by atoms with E-state index in [4.69, 9.17) is 17.5 Å². The second-order valence-corrected chi connectivity index (χ2v) is 3.18. The van der Waals surface area contributed by atoms with Crippen LogP contribution in [0.5, 0.6) is 0 Å². The van der Waals surface area contributed by atoms with Crippen molar-refractivity contribution in [1.29, 1.82) is 0 Å². The van der Waals surface area contributed by atoms with E-state index in [9.17, 15) is 14.4 Å². The Balaban J connectivity index is 3.33. The van der Waals surface area contributed by atoms with Crippen LogP contribution in [0.2, 0.25) is 0 Å². The fourth-order valence-electron chi connectivity index (χ4n) is 1.31. The van der Waals surface area contributed by atoms with Crippen LogP contribution in [0.3, 0.4) is 0 Å². The maximum Gasteiger partial charge on any atom is 0.266 e. The third kappa shape index (κ3) is 2.60. The number of benzene rings is 1. The summed E-state index contributed by atoms with van der Waals surface area (Å²) in [6, 6.07) is 3.76. The van der Waals surface area contributed by atoms with Gasteiger partial charge >= 0.3 is 0 Å². The predicted molar refractivity (Wildman–Crippen MR) is 61.4 cm³/mol. The summed E-state index contributed by atoms with van der Waals surface area (Å²) in [5.74, 6) is 12.9. The highest BCUT2D eigenvalue weighted by Gasteiger charge is 2.18. The summed E-state index contributed by atoms with van der Waals surface area (Å²) in [7, 11) is 0. The van der Waals surface area contributed by atoms with E-state index in [1.54, 1.807) is 0 Å². The molecule has 0 unspecified atom stereocenters. The molecule has 0 aromatic heterocycles. The lowest BCUT2D eigenvalue weighted by atomic mass is 10.0. The fraction of sp³-hybridized carbons (Fsp3) is 0. The summed E-state index contributed by atoms with van der Waals surface area (Å²) in [5, 5.41) is 0. The van der Waals surface area contributed by atoms with E-state index in [1.165, 1.54) is 18.2 Å². The average Bonchev–Trinajstić information content (AvgIpc) is 2.43. The number of nitrogens with one attached hydrogen (secondary N) is 3. The van der Waals surface area contributed by atoms with Gasteiger partial charge in [0.15, 0.2) is 0 Å². The molecule has 0 aliphatic rings. The molecule has 0 saturated heterocycles. The first kappa shape index (κ1) is 13.6. The molecular formula is C9H12N6O3. The van der Waals surface area contributed by atoms with Gasteiger partial charge in [-0.05, 0) is 18.2 Å². The molecule has 3 amide bonds. The second-order valence-electron chi connectivity index (χ2n) is 3.18. The van der Waals surface area contributed by atoms with Crippen molar-refractivity contribution in [3.63, 3.8) is 0 Å². The van der Waals surface area contributed by atoms with Crippen molar-refractivity contribution in [3.05, 3.63) is 34.9 Å². The van der Waals surface area contributed by atoms with E-state index in [1.807, 2.05) is 16.3 Å². The van der Waals surface area contributed by atoms with E-state index in [0.29, 0.717) is 0 Å². The molecule has 0 fully saturated rings. The van der Waals surface area contributed by atoms with Crippen LogP contribution in [0.1, 0.15) is 31.1 Å². The van der Waals surface area contributed by atoms with Gasteiger partial charge < -0.3 is 0 Å². The first-order valence-electron chi connectivity index (χ1n) is 4.72. The Morgan fingerprint density at radius 3 is 1.78 bits per heavy atom. The lowest BCUT2D eigenvalue weighted by molar-refractivity contribution is 0.0918. The van der Waals surface area contributed by atoms with Crippen molar-refractivity contribution in [3.8, 4) is 0 Å². The molecule has 0 radical (unpaired) electrons. The van der Waals surface area contributed by atoms with Gasteiger partial charge in [0.25, 0.3) is 17.7 Å². The van der Waals surface area contributed by atoms with Gasteiger partial charge in [0, 0.05) is 5.56 Å². The van der Waals surface area contributed by atoms with Crippen LogP contribution < -0.4 is 33.8 Å². The van der Waals surface area contributed by atoms with Crippen molar-refractivity contribution in [1.82, 2.24) is 16.3 Å². The molecule has 1 rings (SSSR count). The summed E-state index contributed by atoms with van der Waals surface area (Å²) in [6.45, 7) is 0. The largest absolute Gasteiger partial charge is 0.290 e. The van der Waals surface area contributed by atoms with Crippen molar-refractivity contribution < 1.29 is 14.4 Å². The number of nitrogen functional groups attached to an aromatic ring is 3. The molecule has 1 aromatic rings. The minimum Gasteiger partial charge on any atom is -0.290 e. The molecule has 0 atom stereocenters. The van der Waals surface area contributed by atoms with E-state index >= 15 is 0 Å². The SMILES string of the molecule is NNC(=O)c1ccc(C(=O)NN)c(C(=O)NN)c1. The normalized spacial score (nSPS) is 9.50. The van der Waals surface area contributed by atoms with Crippen molar-refractivity contribution >= 4 is 17.7 Å². The quantitative estimate of drug-likeness (QED) is 0.197. The number of rotatable bonds is 3. The molecule has 9 N–H and O–H groups in total. The molecule has 0 heterocycles. The standard InChI is InChI=1S/C9H12N6O3/c10-13-7(16)4-1-2-5(8(17)14-11)6(3-4)9(18)15-12/h1-3H,10-12H2,(H,13,16)(H,14,17)(H,15,18). The van der Waals surface area contributed by atoms with Crippen LogP contribution in [0.15, 0.2) is 18.2 Å². The second kappa shape index (κ2) is 5.72. The maximum absolute atomic E-state index is 11.5. The number of hydrogen-bond acceptors (Lipinski definition) is 6. The fourth-order valence-corrected chi connectivity index (χ4v) is 1.31. The summed E-state index contributed by atoms with van der Waals surface area (Å²) in [6.07, 6.45) is 0. The third-order valence-electron chi connectivity index (χ3n) is 2.16. The minimum atomic E-state index is -0.736. The molecule has 18 heavy (non-hydrogen) atoms. The summed E-state index contributed by atoms with van der Waals surface area (Å²) >= 11 is 0. The van der Waals surface area contributed by atoms with Crippen molar-refractivity contribution in [2.45, 2.75) is 0 Å². The van der Waals surface area contributed by atoms with Gasteiger partial charge in [-0.25, -0.2) is 17.5 Å². The Kier molecular flexibility index (Phi) is 4.32. The Labute approximate surface area is 102 Å². The molecule has 0 saturated carbocycles. The monoisotopic (exact) mass is 252 g/mol. The number of amides is 3. The summed E-state index contributed by atoms with van der Waals surface area (Å²) in [4.78, 5) is 34.2. The highest BCUT2D eigenvalue weighted by atomic mass is 16.2. The van der Waals surface area contributed by atoms with Crippen LogP contribution in [-0.2, 0) is 0 Å². The van der Waals surface area contributed by atoms with Gasteiger partial charge in [-0.15, -0.1) is 0 Å². The Hall–Kier alpha value is -2.49. The molecule has 9 nitrogen and oxygen atoms in total. The zero-order chi connectivity index (χ0) is 13.7. The number of hydrogen-bond donors (Lipinski definition) is 6. The molecule has 1 aromatic carbocycles. The first-order valence-corrected chi connectivity index (χ1v) is 4.72. The Morgan fingerprint density at radius 1 is 0.778 bits per heavy atom. The molecular weight excluding hydrogens is 240 g/mol. The van der Waals surface area contributed by atoms with E-state index in [-0.39, 0.29) is 16.7 Å². The molecule has 0 aliphatic heterocycles. The molecule has 96 valence electrons. The smallest absolute Gasteiger partial charge is 0.266 e. The highest BCUT2D eigenvalue weighted by Crippen LogP contribution is 2.12. The molecule has 0 bridgehead atoms. The van der Waals surface area contributed by atoms with Gasteiger partial charge in [0.05, 0.1) is 11.1 Å². The van der Waals surface area contributed by atoms with Crippen LogP contribution in [-0.4, -0.2) is 17.7 Å². The number of nitrogens with two attached hydrogens (primary N) is 3. The number of hydrazine groups is 3. The highest BCUT2D eigenvalue weighted by molar-refractivity contribution is 6.08. The van der Waals surface area contributed by atoms with Gasteiger partial charge in [0.2, 0.25) is 0 Å². The first-order chi connectivity index (χ1) is 8.54. The summed E-state index contributed by atoms with van der Waals surface area (Å²) in [5.41, 5.74) is 5.63. The minimum absolute atomic E-state index is 0.0194. The topological polar surface area (TPSA) is 165 Å². The third-order valence-corrected chi connectivity index (χ3v) is 2.16. The maximum atomic E-state index is 11.5. The van der Waals surface area contributed by atoms with Crippen LogP contribution in [0, 0.1) is 0 Å². The Bertz CT molecular complexity index is 501. The predicted octanol–water partition coefficient (Wildman–Crippen LogP) is -2.50. The average molecular weight is 252 g/mol. The lowest BCUT2D eigenvalue weighted by Gasteiger charge is -2.09. The van der Waals surface area contributed by atoms with Gasteiger partial charge in [0.1, 0.15) is 0 Å². The van der Waals surface area contributed by atoms with Crippen LogP contribution in [0.25, 0.3) is 0 Å².